The number of hydrogen-bond donors (Lipinski definition) is 1. The number of para-hydroxylation sites is 2. The molecule has 1 aliphatic carbocycles. The first kappa shape index (κ1) is 24.4. The highest BCUT2D eigenvalue weighted by molar-refractivity contribution is 6.35. The van der Waals surface area contributed by atoms with Crippen LogP contribution in [0.25, 0.3) is 0 Å². The molecule has 9 heteroatoms. The Morgan fingerprint density at radius 2 is 1.64 bits per heavy atom. The molecular formula is C27H19Cl2F3N2O2. The Balaban J connectivity index is 1.77. The number of anilines is 2. The topological polar surface area (TPSA) is 49.4 Å². The number of allylic oxidation sites excluding steroid dienone is 1. The number of fused-ring (bicyclic) bond motifs is 1. The van der Waals surface area contributed by atoms with Crippen molar-refractivity contribution in [3.8, 4) is 0 Å². The van der Waals surface area contributed by atoms with Gasteiger partial charge in [-0.3, -0.25) is 14.5 Å². The maximum atomic E-state index is 14.0. The van der Waals surface area contributed by atoms with Crippen molar-refractivity contribution in [3.63, 3.8) is 0 Å². The normalized spacial score (nSPS) is 19.8. The van der Waals surface area contributed by atoms with Crippen molar-refractivity contribution >= 4 is 46.3 Å². The molecule has 2 aliphatic rings. The zero-order valence-electron chi connectivity index (χ0n) is 18.7. The highest BCUT2D eigenvalue weighted by Gasteiger charge is 2.50. The van der Waals surface area contributed by atoms with Crippen molar-refractivity contribution in [1.82, 2.24) is 0 Å². The van der Waals surface area contributed by atoms with E-state index in [1.54, 1.807) is 12.1 Å². The van der Waals surface area contributed by atoms with Gasteiger partial charge in [-0.2, -0.15) is 13.2 Å². The van der Waals surface area contributed by atoms with Crippen LogP contribution in [0.15, 0.2) is 84.1 Å². The lowest BCUT2D eigenvalue weighted by atomic mass is 9.78. The molecule has 5 rings (SSSR count). The van der Waals surface area contributed by atoms with Crippen molar-refractivity contribution in [2.75, 3.05) is 10.2 Å². The van der Waals surface area contributed by atoms with Gasteiger partial charge in [0.1, 0.15) is 0 Å². The number of halogens is 5. The van der Waals surface area contributed by atoms with Crippen LogP contribution in [0.4, 0.5) is 24.5 Å². The average Bonchev–Trinajstić information content (AvgIpc) is 2.98. The van der Waals surface area contributed by atoms with Crippen LogP contribution < -0.4 is 10.2 Å². The van der Waals surface area contributed by atoms with Crippen LogP contribution in [0, 0.1) is 0 Å². The summed E-state index contributed by atoms with van der Waals surface area (Å²) in [4.78, 5) is 27.3. The minimum Gasteiger partial charge on any atom is -0.357 e. The Labute approximate surface area is 215 Å². The highest BCUT2D eigenvalue weighted by atomic mass is 35.5. The molecule has 3 aromatic rings. The molecule has 0 radical (unpaired) electrons. The number of ketones is 1. The fraction of sp³-hybridized carbons (Fsp3) is 0.185. The van der Waals surface area contributed by atoms with Gasteiger partial charge in [0, 0.05) is 27.7 Å². The molecule has 3 aromatic carbocycles. The quantitative estimate of drug-likeness (QED) is 0.374. The summed E-state index contributed by atoms with van der Waals surface area (Å²) in [5.74, 6) is -2.63. The molecule has 1 aliphatic heterocycles. The second-order valence-corrected chi connectivity index (χ2v) is 9.56. The lowest BCUT2D eigenvalue weighted by molar-refractivity contribution is -0.170. The van der Waals surface area contributed by atoms with E-state index in [4.69, 9.17) is 23.2 Å². The molecule has 1 heterocycles. The number of amides is 1. The maximum Gasteiger partial charge on any atom is 0.471 e. The summed E-state index contributed by atoms with van der Waals surface area (Å²) >= 11 is 12.5. The van der Waals surface area contributed by atoms with Gasteiger partial charge in [-0.05, 0) is 47.7 Å². The molecule has 1 amide bonds. The number of carbonyl (C=O) groups is 2. The van der Waals surface area contributed by atoms with E-state index in [-0.39, 0.29) is 50.7 Å². The lowest BCUT2D eigenvalue weighted by Gasteiger charge is -2.35. The number of hydrogen-bond acceptors (Lipinski definition) is 3. The Morgan fingerprint density at radius 3 is 2.33 bits per heavy atom. The first-order chi connectivity index (χ1) is 17.1. The van der Waals surface area contributed by atoms with Gasteiger partial charge in [-0.25, -0.2) is 0 Å². The second-order valence-electron chi connectivity index (χ2n) is 8.71. The van der Waals surface area contributed by atoms with Gasteiger partial charge in [0.15, 0.2) is 5.78 Å². The average molecular weight is 531 g/mol. The standard InChI is InChI=1S/C27H19Cl2F3N2O2/c28-17-10-11-18(19(29)14-17)25-24-21(12-16(13-23(24)35)15-6-2-1-3-7-15)33-20-8-4-5-9-22(20)34(25)26(36)27(30,31)32/h1-11,14,16,25,33H,12-13H2/t16-,25-/m0/s1. The van der Waals surface area contributed by atoms with Crippen LogP contribution in [0.3, 0.4) is 0 Å². The van der Waals surface area contributed by atoms with E-state index in [9.17, 15) is 22.8 Å². The molecule has 4 nitrogen and oxygen atoms in total. The van der Waals surface area contributed by atoms with Crippen molar-refractivity contribution in [3.05, 3.63) is 105 Å². The van der Waals surface area contributed by atoms with Gasteiger partial charge in [0.2, 0.25) is 0 Å². The molecule has 184 valence electrons. The molecule has 0 spiro atoms. The van der Waals surface area contributed by atoms with Crippen LogP contribution >= 0.6 is 23.2 Å². The molecular weight excluding hydrogens is 512 g/mol. The first-order valence-corrected chi connectivity index (χ1v) is 11.9. The van der Waals surface area contributed by atoms with Crippen LogP contribution in [0.2, 0.25) is 10.0 Å². The van der Waals surface area contributed by atoms with E-state index in [2.05, 4.69) is 5.32 Å². The summed E-state index contributed by atoms with van der Waals surface area (Å²) < 4.78 is 41.9. The van der Waals surface area contributed by atoms with Crippen molar-refractivity contribution in [2.24, 2.45) is 0 Å². The van der Waals surface area contributed by atoms with Gasteiger partial charge in [0.05, 0.1) is 17.4 Å². The SMILES string of the molecule is O=C1C[C@@H](c2ccccc2)CC2=C1[C@H](c1ccc(Cl)cc1Cl)N(C(=O)C(F)(F)F)c1ccccc1N2. The predicted octanol–water partition coefficient (Wildman–Crippen LogP) is 7.46. The van der Waals surface area contributed by atoms with E-state index in [1.165, 1.54) is 30.3 Å². The summed E-state index contributed by atoms with van der Waals surface area (Å²) in [6, 6.07) is 18.6. The molecule has 36 heavy (non-hydrogen) atoms. The minimum absolute atomic E-state index is 0.00528. The van der Waals surface area contributed by atoms with E-state index in [0.717, 1.165) is 5.56 Å². The van der Waals surface area contributed by atoms with Gasteiger partial charge in [0.25, 0.3) is 0 Å². The van der Waals surface area contributed by atoms with Crippen LogP contribution in [-0.2, 0) is 9.59 Å². The fourth-order valence-electron chi connectivity index (χ4n) is 4.93. The molecule has 0 fully saturated rings. The Bertz CT molecular complexity index is 1390. The van der Waals surface area contributed by atoms with Crippen LogP contribution in [-0.4, -0.2) is 17.9 Å². The van der Waals surface area contributed by atoms with Gasteiger partial charge < -0.3 is 5.32 Å². The Kier molecular flexibility index (Phi) is 6.30. The molecule has 0 saturated heterocycles. The molecule has 0 bridgehead atoms. The zero-order chi connectivity index (χ0) is 25.6. The molecule has 2 atom stereocenters. The monoisotopic (exact) mass is 530 g/mol. The van der Waals surface area contributed by atoms with Gasteiger partial charge >= 0.3 is 12.1 Å². The third kappa shape index (κ3) is 4.38. The zero-order valence-corrected chi connectivity index (χ0v) is 20.2. The number of nitrogens with zero attached hydrogens (tertiary/aromatic N) is 1. The predicted molar refractivity (Wildman–Crippen MR) is 133 cm³/mol. The van der Waals surface area contributed by atoms with Gasteiger partial charge in [-0.15, -0.1) is 0 Å². The number of nitrogens with one attached hydrogen (secondary N) is 1. The van der Waals surface area contributed by atoms with E-state index in [1.807, 2.05) is 30.3 Å². The third-order valence-corrected chi connectivity index (χ3v) is 7.04. The summed E-state index contributed by atoms with van der Waals surface area (Å²) in [5.41, 5.74) is 1.95. The van der Waals surface area contributed by atoms with E-state index >= 15 is 0 Å². The Morgan fingerprint density at radius 1 is 0.944 bits per heavy atom. The summed E-state index contributed by atoms with van der Waals surface area (Å²) in [6.45, 7) is 0. The molecule has 0 saturated carbocycles. The first-order valence-electron chi connectivity index (χ1n) is 11.2. The van der Waals surface area contributed by atoms with Crippen molar-refractivity contribution in [1.29, 1.82) is 0 Å². The summed E-state index contributed by atoms with van der Waals surface area (Å²) in [6.07, 6.45) is -4.74. The smallest absolute Gasteiger partial charge is 0.357 e. The van der Waals surface area contributed by atoms with Crippen molar-refractivity contribution in [2.45, 2.75) is 31.0 Å². The van der Waals surface area contributed by atoms with Crippen LogP contribution in [0.1, 0.15) is 35.9 Å². The fourth-order valence-corrected chi connectivity index (χ4v) is 5.44. The maximum absolute atomic E-state index is 14.0. The number of benzene rings is 3. The molecule has 1 N–H and O–H groups in total. The number of rotatable bonds is 2. The van der Waals surface area contributed by atoms with Crippen molar-refractivity contribution < 1.29 is 22.8 Å². The lowest BCUT2D eigenvalue weighted by Crippen LogP contribution is -2.45. The number of alkyl halides is 3. The highest BCUT2D eigenvalue weighted by Crippen LogP contribution is 2.49. The number of Topliss-reactive ketones (excluding diaryl/α,β-unsaturated/α-hetero) is 1. The minimum atomic E-state index is -5.19. The molecule has 0 aromatic heterocycles. The van der Waals surface area contributed by atoms with Gasteiger partial charge in [-0.1, -0.05) is 71.7 Å². The largest absolute Gasteiger partial charge is 0.471 e. The molecule has 0 unspecified atom stereocenters. The second kappa shape index (κ2) is 9.30. The van der Waals surface area contributed by atoms with Crippen LogP contribution in [0.5, 0.6) is 0 Å². The summed E-state index contributed by atoms with van der Waals surface area (Å²) in [7, 11) is 0. The van der Waals surface area contributed by atoms with E-state index < -0.39 is 18.1 Å². The van der Waals surface area contributed by atoms with E-state index in [0.29, 0.717) is 17.0 Å². The summed E-state index contributed by atoms with van der Waals surface area (Å²) in [5, 5.41) is 3.52. The number of carbonyl (C=O) groups excluding carboxylic acids is 2. The third-order valence-electron chi connectivity index (χ3n) is 6.48. The Hall–Kier alpha value is -3.29.